The first-order valence-corrected chi connectivity index (χ1v) is 15.7. The van der Waals surface area contributed by atoms with Gasteiger partial charge in [-0.25, -0.2) is 0 Å². The van der Waals surface area contributed by atoms with Crippen molar-refractivity contribution in [3.63, 3.8) is 0 Å². The number of hydrogen-bond acceptors (Lipinski definition) is 10. The van der Waals surface area contributed by atoms with E-state index in [0.29, 0.717) is 30.3 Å². The molecule has 0 fully saturated rings. The van der Waals surface area contributed by atoms with Crippen LogP contribution >= 0.6 is 34.8 Å². The largest absolute Gasteiger partial charge is 0.534 e. The van der Waals surface area contributed by atoms with Crippen LogP contribution in [0.15, 0.2) is 42.5 Å². The number of alkyl halides is 6. The predicted octanol–water partition coefficient (Wildman–Crippen LogP) is 6.50. The van der Waals surface area contributed by atoms with Crippen molar-refractivity contribution < 1.29 is 71.0 Å². The first-order valence-electron chi connectivity index (χ1n) is 11.8. The zero-order chi connectivity index (χ0) is 35.0. The normalized spacial score (nSPS) is 13.5. The van der Waals surface area contributed by atoms with E-state index in [9.17, 15) is 57.9 Å². The number of nitrogens with zero attached hydrogens (tertiary/aromatic N) is 1. The molecule has 0 atom stereocenters. The smallest absolute Gasteiger partial charge is 0.507 e. The summed E-state index contributed by atoms with van der Waals surface area (Å²) in [5.41, 5.74) is -14.1. The Morgan fingerprint density at radius 3 is 1.98 bits per heavy atom. The van der Waals surface area contributed by atoms with Gasteiger partial charge in [0.25, 0.3) is 0 Å². The van der Waals surface area contributed by atoms with E-state index in [1.54, 1.807) is 0 Å². The minimum absolute atomic E-state index is 0.367. The SMILES string of the molecule is O=C1c2ccc(OS(=O)(=O)C(F)(F)F)cc2Oc2c(Cl)cc(C(=O)c3ccc(OS(=O)(=O)C(F)(F)F)cc3O)n2-c2c1[nH]c(Cl)c2Cl. The van der Waals surface area contributed by atoms with Crippen molar-refractivity contribution in [2.75, 3.05) is 0 Å². The molecule has 0 spiro atoms. The van der Waals surface area contributed by atoms with Gasteiger partial charge in [-0.2, -0.15) is 43.2 Å². The summed E-state index contributed by atoms with van der Waals surface area (Å²) in [5.74, 6) is -6.46. The number of rotatable bonds is 6. The Labute approximate surface area is 272 Å². The summed E-state index contributed by atoms with van der Waals surface area (Å²) in [6, 6.07) is 4.74. The van der Waals surface area contributed by atoms with Crippen LogP contribution in [0.2, 0.25) is 15.2 Å². The van der Waals surface area contributed by atoms with E-state index in [0.717, 1.165) is 16.7 Å². The summed E-state index contributed by atoms with van der Waals surface area (Å²) in [4.78, 5) is 29.7. The molecule has 1 aliphatic rings. The number of carbonyl (C=O) groups excluding carboxylic acids is 2. The maximum atomic E-state index is 13.7. The molecule has 0 bridgehead atoms. The third-order valence-electron chi connectivity index (χ3n) is 6.06. The fraction of sp³-hybridized carbons (Fsp3) is 0.0833. The lowest BCUT2D eigenvalue weighted by Crippen LogP contribution is -2.28. The Bertz CT molecular complexity index is 2230. The van der Waals surface area contributed by atoms with Crippen molar-refractivity contribution in [1.82, 2.24) is 9.55 Å². The zero-order valence-corrected chi connectivity index (χ0v) is 25.7. The van der Waals surface area contributed by atoms with Crippen LogP contribution in [-0.4, -0.2) is 54.1 Å². The molecule has 12 nitrogen and oxygen atoms in total. The van der Waals surface area contributed by atoms with E-state index in [4.69, 9.17) is 39.5 Å². The maximum Gasteiger partial charge on any atom is 0.534 e. The number of ketones is 2. The summed E-state index contributed by atoms with van der Waals surface area (Å²) in [6.45, 7) is 0. The number of carbonyl (C=O) groups is 2. The highest BCUT2D eigenvalue weighted by Gasteiger charge is 2.49. The summed E-state index contributed by atoms with van der Waals surface area (Å²) in [6.07, 6.45) is 0. The van der Waals surface area contributed by atoms with Crippen molar-refractivity contribution >= 4 is 66.6 Å². The summed E-state index contributed by atoms with van der Waals surface area (Å²) in [5, 5.41) is 9.23. The first-order chi connectivity index (χ1) is 21.5. The fourth-order valence-electron chi connectivity index (χ4n) is 4.06. The van der Waals surface area contributed by atoms with Gasteiger partial charge in [0.1, 0.15) is 43.9 Å². The van der Waals surface area contributed by atoms with Gasteiger partial charge in [-0.1, -0.05) is 34.8 Å². The Morgan fingerprint density at radius 2 is 1.43 bits per heavy atom. The Balaban J connectivity index is 1.65. The van der Waals surface area contributed by atoms with Gasteiger partial charge in [0.2, 0.25) is 17.4 Å². The predicted molar refractivity (Wildman–Crippen MR) is 148 cm³/mol. The van der Waals surface area contributed by atoms with Crippen LogP contribution in [0.25, 0.3) is 5.69 Å². The number of H-pyrrole nitrogens is 1. The number of phenols is 1. The lowest BCUT2D eigenvalue weighted by Gasteiger charge is -2.20. The maximum absolute atomic E-state index is 13.7. The van der Waals surface area contributed by atoms with Gasteiger partial charge >= 0.3 is 31.3 Å². The molecular weight excluding hydrogens is 761 g/mol. The third kappa shape index (κ3) is 5.94. The molecular formula is C24H9Cl3F6N2O10S2. The Hall–Kier alpha value is -4.11. The van der Waals surface area contributed by atoms with Gasteiger partial charge in [-0.05, 0) is 30.3 Å². The second-order valence-corrected chi connectivity index (χ2v) is 13.3. The molecule has 0 saturated heterocycles. The number of nitrogens with one attached hydrogen (secondary N) is 1. The number of aromatic hydroxyl groups is 1. The number of phenolic OH excluding ortho intramolecular Hbond substituents is 1. The standard InChI is InChI=1S/C24H9Cl3F6N2O10S2/c25-12-7-13(19(37)10-3-1-8(5-14(10)36)44-46(39,40)23(28,29)30)35-18-16(26)21(27)34-17(18)20(38)11-4-2-9(6-15(11)43-22(12)35)45-47(41,42)24(31,32)33/h1-7,34,36H. The van der Waals surface area contributed by atoms with Gasteiger partial charge in [0.15, 0.2) is 0 Å². The molecule has 0 saturated carbocycles. The van der Waals surface area contributed by atoms with Crippen LogP contribution in [0.4, 0.5) is 26.3 Å². The molecule has 2 aromatic carbocycles. The van der Waals surface area contributed by atoms with Crippen molar-refractivity contribution in [1.29, 1.82) is 0 Å². The van der Waals surface area contributed by atoms with Crippen LogP contribution in [0.5, 0.6) is 28.9 Å². The van der Waals surface area contributed by atoms with E-state index >= 15 is 0 Å². The molecule has 1 aliphatic heterocycles. The van der Waals surface area contributed by atoms with Gasteiger partial charge in [-0.15, -0.1) is 0 Å². The minimum atomic E-state index is -6.17. The molecule has 2 aromatic heterocycles. The molecule has 5 rings (SSSR count). The van der Waals surface area contributed by atoms with Crippen molar-refractivity contribution in [2.24, 2.45) is 0 Å². The van der Waals surface area contributed by atoms with Crippen molar-refractivity contribution in [3.8, 4) is 34.6 Å². The lowest BCUT2D eigenvalue weighted by atomic mass is 10.0. The molecule has 0 amide bonds. The number of ether oxygens (including phenoxy) is 1. The molecule has 2 N–H and O–H groups in total. The minimum Gasteiger partial charge on any atom is -0.507 e. The van der Waals surface area contributed by atoms with Gasteiger partial charge in [0.05, 0.1) is 22.5 Å². The van der Waals surface area contributed by atoms with Crippen LogP contribution in [-0.2, 0) is 20.2 Å². The quantitative estimate of drug-likeness (QED) is 0.0842. The van der Waals surface area contributed by atoms with Gasteiger partial charge in [-0.3, -0.25) is 14.2 Å². The number of benzene rings is 2. The van der Waals surface area contributed by atoms with E-state index in [1.807, 2.05) is 0 Å². The molecule has 4 aromatic rings. The molecule has 0 aliphatic carbocycles. The highest BCUT2D eigenvalue weighted by molar-refractivity contribution is 7.88. The first kappa shape index (κ1) is 34.2. The number of halogens is 9. The van der Waals surface area contributed by atoms with Crippen LogP contribution in [0, 0.1) is 0 Å². The Kier molecular flexibility index (Phi) is 8.20. The molecule has 0 unspecified atom stereocenters. The number of hydrogen-bond donors (Lipinski definition) is 2. The highest BCUT2D eigenvalue weighted by Crippen LogP contribution is 2.46. The van der Waals surface area contributed by atoms with E-state index in [2.05, 4.69) is 13.4 Å². The average Bonchev–Trinajstić information content (AvgIpc) is 3.40. The van der Waals surface area contributed by atoms with E-state index < -0.39 is 104 Å². The summed E-state index contributed by atoms with van der Waals surface area (Å²) in [7, 11) is -12.3. The molecule has 23 heteroatoms. The lowest BCUT2D eigenvalue weighted by molar-refractivity contribution is -0.0504. The molecule has 3 heterocycles. The highest BCUT2D eigenvalue weighted by atomic mass is 35.5. The zero-order valence-electron chi connectivity index (χ0n) is 21.8. The fourth-order valence-corrected chi connectivity index (χ4v) is 5.60. The van der Waals surface area contributed by atoms with Crippen LogP contribution in [0.1, 0.15) is 32.1 Å². The van der Waals surface area contributed by atoms with Crippen molar-refractivity contribution in [2.45, 2.75) is 11.0 Å². The second-order valence-electron chi connectivity index (χ2n) is 9.06. The Morgan fingerprint density at radius 1 is 0.872 bits per heavy atom. The summed E-state index contributed by atoms with van der Waals surface area (Å²) >= 11 is 18.8. The molecule has 47 heavy (non-hydrogen) atoms. The second kappa shape index (κ2) is 11.3. The third-order valence-corrected chi connectivity index (χ3v) is 9.04. The van der Waals surface area contributed by atoms with E-state index in [1.165, 1.54) is 0 Å². The molecule has 0 radical (unpaired) electrons. The van der Waals surface area contributed by atoms with Crippen LogP contribution < -0.4 is 13.1 Å². The molecule has 250 valence electrons. The van der Waals surface area contributed by atoms with Gasteiger partial charge < -0.3 is 23.2 Å². The summed E-state index contributed by atoms with van der Waals surface area (Å²) < 4.78 is 137. The monoisotopic (exact) mass is 768 g/mol. The number of aromatic nitrogens is 2. The topological polar surface area (TPSA) is 171 Å². The number of fused-ring (bicyclic) bond motifs is 4. The number of aromatic amines is 1. The van der Waals surface area contributed by atoms with Gasteiger partial charge in [0, 0.05) is 12.1 Å². The average molecular weight is 770 g/mol. The van der Waals surface area contributed by atoms with Crippen LogP contribution in [0.3, 0.4) is 0 Å². The van der Waals surface area contributed by atoms with Crippen molar-refractivity contribution in [3.05, 3.63) is 80.2 Å². The van der Waals surface area contributed by atoms with E-state index in [-0.39, 0.29) is 10.8 Å².